The molecule has 0 bridgehead atoms. The van der Waals surface area contributed by atoms with Gasteiger partial charge in [0.05, 0.1) is 17.3 Å². The Morgan fingerprint density at radius 1 is 1.11 bits per heavy atom. The van der Waals surface area contributed by atoms with E-state index in [9.17, 15) is 4.79 Å². The maximum absolute atomic E-state index is 12.5. The predicted molar refractivity (Wildman–Crippen MR) is 136 cm³/mol. The lowest BCUT2D eigenvalue weighted by atomic mass is 10.1. The van der Waals surface area contributed by atoms with Crippen molar-refractivity contribution in [3.05, 3.63) is 30.3 Å². The fraction of sp³-hybridized carbons (Fsp3) is 0.538. The van der Waals surface area contributed by atoms with Gasteiger partial charge in [0.2, 0.25) is 0 Å². The number of methoxy groups -OCH3 is 1. The molecule has 3 heterocycles. The van der Waals surface area contributed by atoms with Crippen LogP contribution in [0.5, 0.6) is 5.75 Å². The summed E-state index contributed by atoms with van der Waals surface area (Å²) >= 11 is 0. The average Bonchev–Trinajstić information content (AvgIpc) is 3.61. The lowest BCUT2D eigenvalue weighted by Gasteiger charge is -2.33. The molecule has 1 saturated carbocycles. The smallest absolute Gasteiger partial charge is 0.410 e. The van der Waals surface area contributed by atoms with Crippen molar-refractivity contribution in [2.24, 2.45) is 0 Å². The van der Waals surface area contributed by atoms with Gasteiger partial charge in [-0.3, -0.25) is 4.68 Å². The molecule has 2 aromatic heterocycles. The summed E-state index contributed by atoms with van der Waals surface area (Å²) in [4.78, 5) is 14.3. The van der Waals surface area contributed by atoms with E-state index in [2.05, 4.69) is 20.2 Å². The third-order valence-electron chi connectivity index (χ3n) is 6.33. The van der Waals surface area contributed by atoms with E-state index in [0.29, 0.717) is 30.6 Å². The van der Waals surface area contributed by atoms with Crippen LogP contribution >= 0.6 is 0 Å². The van der Waals surface area contributed by atoms with Crippen LogP contribution in [0.1, 0.15) is 52.5 Å². The number of anilines is 1. The Hall–Kier alpha value is -3.40. The van der Waals surface area contributed by atoms with Gasteiger partial charge in [0, 0.05) is 31.8 Å². The predicted octanol–water partition coefficient (Wildman–Crippen LogP) is 4.62. The fourth-order valence-corrected chi connectivity index (χ4v) is 4.41. The number of likely N-dealkylation sites (tertiary alicyclic amines) is 1. The molecule has 1 aliphatic carbocycles. The molecule has 1 N–H and O–H groups in total. The zero-order valence-corrected chi connectivity index (χ0v) is 21.4. The summed E-state index contributed by atoms with van der Waals surface area (Å²) < 4.78 is 18.5. The number of aromatic nitrogens is 4. The quantitative estimate of drug-likeness (QED) is 0.475. The van der Waals surface area contributed by atoms with Gasteiger partial charge in [-0.15, -0.1) is 10.2 Å². The third-order valence-corrected chi connectivity index (χ3v) is 6.33. The molecule has 1 saturated heterocycles. The van der Waals surface area contributed by atoms with Crippen LogP contribution in [0.4, 0.5) is 10.6 Å². The molecule has 0 spiro atoms. The van der Waals surface area contributed by atoms with Crippen molar-refractivity contribution >= 4 is 22.9 Å². The van der Waals surface area contributed by atoms with Gasteiger partial charge in [-0.05, 0) is 64.7 Å². The summed E-state index contributed by atoms with van der Waals surface area (Å²) in [6.07, 6.45) is 3.58. The third kappa shape index (κ3) is 5.38. The van der Waals surface area contributed by atoms with Gasteiger partial charge in [0.15, 0.2) is 18.1 Å². The van der Waals surface area contributed by atoms with Crippen molar-refractivity contribution in [1.29, 1.82) is 0 Å². The number of piperidine rings is 1. The minimum atomic E-state index is -0.506. The van der Waals surface area contributed by atoms with Crippen LogP contribution in [0, 0.1) is 0 Å². The number of hydrogen-bond acceptors (Lipinski definition) is 8. The van der Waals surface area contributed by atoms with Gasteiger partial charge in [-0.25, -0.2) is 4.79 Å². The van der Waals surface area contributed by atoms with Gasteiger partial charge >= 0.3 is 6.09 Å². The number of ether oxygens (including phenoxy) is 3. The van der Waals surface area contributed by atoms with E-state index >= 15 is 0 Å². The average molecular weight is 495 g/mol. The van der Waals surface area contributed by atoms with Gasteiger partial charge < -0.3 is 24.4 Å². The molecule has 2 fully saturated rings. The lowest BCUT2D eigenvalue weighted by molar-refractivity contribution is 0.0186. The molecule has 1 aromatic carbocycles. The van der Waals surface area contributed by atoms with E-state index in [1.165, 1.54) is 0 Å². The number of hydrogen-bond donors (Lipinski definition) is 1. The van der Waals surface area contributed by atoms with E-state index in [1.54, 1.807) is 12.0 Å². The number of carbonyl (C=O) groups is 1. The largest absolute Gasteiger partial charge is 0.467 e. The highest BCUT2D eigenvalue weighted by molar-refractivity contribution is 5.89. The van der Waals surface area contributed by atoms with Gasteiger partial charge in [-0.1, -0.05) is 12.1 Å². The van der Waals surface area contributed by atoms with Gasteiger partial charge in [-0.2, -0.15) is 5.10 Å². The Bertz CT molecular complexity index is 1220. The van der Waals surface area contributed by atoms with Crippen LogP contribution < -0.4 is 10.1 Å². The Labute approximate surface area is 210 Å². The molecule has 2 aliphatic rings. The Balaban J connectivity index is 1.44. The van der Waals surface area contributed by atoms with Crippen LogP contribution in [0.2, 0.25) is 0 Å². The number of amides is 1. The molecule has 10 heteroatoms. The van der Waals surface area contributed by atoms with Crippen LogP contribution in [-0.2, 0) is 9.47 Å². The highest BCUT2D eigenvalue weighted by Gasteiger charge is 2.31. The summed E-state index contributed by atoms with van der Waals surface area (Å²) in [6, 6.07) is 10.3. The monoisotopic (exact) mass is 494 g/mol. The van der Waals surface area contributed by atoms with E-state index in [0.717, 1.165) is 48.1 Å². The first-order valence-corrected chi connectivity index (χ1v) is 12.5. The zero-order chi connectivity index (χ0) is 25.3. The topological polar surface area (TPSA) is 104 Å². The van der Waals surface area contributed by atoms with Crippen molar-refractivity contribution in [2.45, 2.75) is 64.1 Å². The van der Waals surface area contributed by atoms with Crippen LogP contribution in [0.15, 0.2) is 30.3 Å². The standard InChI is InChI=1S/C26H34N6O4/c1-26(2,3)36-25(33)31-13-11-18(12-14-31)32-21-15-20(19-7-5-6-8-22(19)35-16-34-4)28-29-23(21)24(30-32)27-17-9-10-17/h5-8,15,17-18H,9-14,16H2,1-4H3,(H,27,30). The summed E-state index contributed by atoms with van der Waals surface area (Å²) in [5.74, 6) is 1.45. The molecule has 0 radical (unpaired) electrons. The number of rotatable bonds is 7. The number of para-hydroxylation sites is 1. The normalized spacial score (nSPS) is 16.8. The fourth-order valence-electron chi connectivity index (χ4n) is 4.41. The van der Waals surface area contributed by atoms with E-state index in [4.69, 9.17) is 19.3 Å². The summed E-state index contributed by atoms with van der Waals surface area (Å²) in [5.41, 5.74) is 2.72. The second-order valence-corrected chi connectivity index (χ2v) is 10.4. The number of fused-ring (bicyclic) bond motifs is 1. The number of nitrogens with zero attached hydrogens (tertiary/aromatic N) is 5. The Kier molecular flexibility index (Phi) is 6.70. The molecule has 3 aromatic rings. The first kappa shape index (κ1) is 24.3. The molecule has 192 valence electrons. The maximum Gasteiger partial charge on any atom is 0.410 e. The molecule has 10 nitrogen and oxygen atoms in total. The van der Waals surface area contributed by atoms with Crippen LogP contribution in [0.3, 0.4) is 0 Å². The summed E-state index contributed by atoms with van der Waals surface area (Å²) in [7, 11) is 1.59. The molecule has 1 aliphatic heterocycles. The molecule has 0 unspecified atom stereocenters. The van der Waals surface area contributed by atoms with E-state index in [1.807, 2.05) is 51.1 Å². The van der Waals surface area contributed by atoms with Crippen molar-refractivity contribution in [3.8, 4) is 17.0 Å². The van der Waals surface area contributed by atoms with Gasteiger partial charge in [0.25, 0.3) is 0 Å². The molecule has 5 rings (SSSR count). The van der Waals surface area contributed by atoms with Crippen molar-refractivity contribution in [1.82, 2.24) is 24.9 Å². The van der Waals surface area contributed by atoms with Crippen LogP contribution in [-0.4, -0.2) is 69.6 Å². The first-order chi connectivity index (χ1) is 17.3. The SMILES string of the molecule is COCOc1ccccc1-c1cc2c(nn1)c(NC1CC1)nn2C1CCN(C(=O)OC(C)(C)C)CC1. The van der Waals surface area contributed by atoms with Crippen molar-refractivity contribution < 1.29 is 19.0 Å². The first-order valence-electron chi connectivity index (χ1n) is 12.5. The lowest BCUT2D eigenvalue weighted by Crippen LogP contribution is -2.42. The Morgan fingerprint density at radius 3 is 2.56 bits per heavy atom. The highest BCUT2D eigenvalue weighted by atomic mass is 16.7. The van der Waals surface area contributed by atoms with E-state index < -0.39 is 5.60 Å². The highest BCUT2D eigenvalue weighted by Crippen LogP contribution is 2.35. The molecular formula is C26H34N6O4. The number of benzene rings is 1. The Morgan fingerprint density at radius 2 is 1.86 bits per heavy atom. The summed E-state index contributed by atoms with van der Waals surface area (Å²) in [6.45, 7) is 7.05. The van der Waals surface area contributed by atoms with Gasteiger partial charge in [0.1, 0.15) is 11.4 Å². The van der Waals surface area contributed by atoms with Crippen molar-refractivity contribution in [2.75, 3.05) is 32.3 Å². The second kappa shape index (κ2) is 9.93. The number of nitrogens with one attached hydrogen (secondary N) is 1. The zero-order valence-electron chi connectivity index (χ0n) is 21.4. The molecule has 1 amide bonds. The molecule has 36 heavy (non-hydrogen) atoms. The minimum Gasteiger partial charge on any atom is -0.467 e. The van der Waals surface area contributed by atoms with Crippen molar-refractivity contribution in [3.63, 3.8) is 0 Å². The number of carbonyl (C=O) groups excluding carboxylic acids is 1. The molecule has 0 atom stereocenters. The molecular weight excluding hydrogens is 460 g/mol. The summed E-state index contributed by atoms with van der Waals surface area (Å²) in [5, 5.41) is 17.6. The van der Waals surface area contributed by atoms with E-state index in [-0.39, 0.29) is 18.9 Å². The second-order valence-electron chi connectivity index (χ2n) is 10.4. The minimum absolute atomic E-state index is 0.137. The van der Waals surface area contributed by atoms with Crippen LogP contribution in [0.25, 0.3) is 22.3 Å². The maximum atomic E-state index is 12.5.